The number of hydrazone groups is 1. The van der Waals surface area contributed by atoms with Crippen LogP contribution in [0, 0.1) is 0 Å². The van der Waals surface area contributed by atoms with Crippen molar-refractivity contribution in [2.45, 2.75) is 13.3 Å². The van der Waals surface area contributed by atoms with Crippen molar-refractivity contribution in [2.24, 2.45) is 5.10 Å². The summed E-state index contributed by atoms with van der Waals surface area (Å²) in [4.78, 5) is 7.69. The first-order valence-electron chi connectivity index (χ1n) is 8.59. The van der Waals surface area contributed by atoms with E-state index in [1.165, 1.54) is 12.7 Å². The van der Waals surface area contributed by atoms with E-state index in [4.69, 9.17) is 4.74 Å². The maximum Gasteiger partial charge on any atom is 0.265 e. The van der Waals surface area contributed by atoms with Crippen LogP contribution in [0.3, 0.4) is 0 Å². The molecule has 9 heteroatoms. The third kappa shape index (κ3) is 3.36. The van der Waals surface area contributed by atoms with Gasteiger partial charge in [0, 0.05) is 10.9 Å². The molecule has 4 aromatic rings. The maximum absolute atomic E-state index is 9.86. The predicted molar refractivity (Wildman–Crippen MR) is 112 cm³/mol. The standard InChI is InChI=1S/C19H17BrN6O2/c1-3-10-4-5-14-12(6-10)16-18(22-14)23-19(26-24-16)25-21-9-11-7-13(20)17(27)15(8-11)28-2/h4-9,27H,3H2,1-2H3,(H2,22,23,25,26)/b21-9-. The molecule has 2 heterocycles. The number of aromatic amines is 1. The van der Waals surface area contributed by atoms with E-state index in [1.807, 2.05) is 6.07 Å². The fourth-order valence-corrected chi connectivity index (χ4v) is 3.33. The van der Waals surface area contributed by atoms with E-state index in [0.717, 1.165) is 28.4 Å². The van der Waals surface area contributed by atoms with Crippen molar-refractivity contribution in [1.82, 2.24) is 20.2 Å². The average molecular weight is 441 g/mol. The molecule has 0 aliphatic heterocycles. The number of halogens is 1. The van der Waals surface area contributed by atoms with Gasteiger partial charge in [-0.15, -0.1) is 10.2 Å². The summed E-state index contributed by atoms with van der Waals surface area (Å²) in [5.74, 6) is 0.658. The lowest BCUT2D eigenvalue weighted by molar-refractivity contribution is 0.372. The Morgan fingerprint density at radius 3 is 2.93 bits per heavy atom. The third-order valence-corrected chi connectivity index (χ3v) is 4.94. The van der Waals surface area contributed by atoms with E-state index < -0.39 is 0 Å². The highest BCUT2D eigenvalue weighted by Crippen LogP contribution is 2.34. The van der Waals surface area contributed by atoms with Crippen LogP contribution in [0.25, 0.3) is 22.1 Å². The lowest BCUT2D eigenvalue weighted by atomic mass is 10.1. The number of rotatable bonds is 5. The van der Waals surface area contributed by atoms with Crippen molar-refractivity contribution < 1.29 is 9.84 Å². The van der Waals surface area contributed by atoms with E-state index in [-0.39, 0.29) is 11.7 Å². The molecule has 28 heavy (non-hydrogen) atoms. The van der Waals surface area contributed by atoms with Crippen LogP contribution in [0.5, 0.6) is 11.5 Å². The highest BCUT2D eigenvalue weighted by atomic mass is 79.9. The van der Waals surface area contributed by atoms with Gasteiger partial charge in [-0.2, -0.15) is 10.1 Å². The molecule has 0 spiro atoms. The minimum atomic E-state index is 0.0376. The summed E-state index contributed by atoms with van der Waals surface area (Å²) in [6.45, 7) is 2.11. The highest BCUT2D eigenvalue weighted by molar-refractivity contribution is 9.10. The van der Waals surface area contributed by atoms with Gasteiger partial charge in [0.1, 0.15) is 5.52 Å². The van der Waals surface area contributed by atoms with Crippen molar-refractivity contribution in [1.29, 1.82) is 0 Å². The van der Waals surface area contributed by atoms with Gasteiger partial charge in [0.2, 0.25) is 0 Å². The Balaban J connectivity index is 1.59. The van der Waals surface area contributed by atoms with Crippen molar-refractivity contribution in [3.8, 4) is 11.5 Å². The molecule has 0 aliphatic carbocycles. The number of H-pyrrole nitrogens is 1. The number of phenols is 1. The fraction of sp³-hybridized carbons (Fsp3) is 0.158. The lowest BCUT2D eigenvalue weighted by Gasteiger charge is -2.06. The van der Waals surface area contributed by atoms with Crippen LogP contribution < -0.4 is 10.2 Å². The molecule has 0 aliphatic rings. The zero-order valence-electron chi connectivity index (χ0n) is 15.2. The van der Waals surface area contributed by atoms with Crippen LogP contribution in [0.15, 0.2) is 39.9 Å². The number of benzene rings is 2. The fourth-order valence-electron chi connectivity index (χ4n) is 2.87. The summed E-state index contributed by atoms with van der Waals surface area (Å²) in [6, 6.07) is 9.59. The minimum absolute atomic E-state index is 0.0376. The first-order chi connectivity index (χ1) is 13.6. The Kier molecular flexibility index (Phi) is 4.82. The van der Waals surface area contributed by atoms with Crippen LogP contribution in [0.2, 0.25) is 0 Å². The number of methoxy groups -OCH3 is 1. The summed E-state index contributed by atoms with van der Waals surface area (Å²) in [6.07, 6.45) is 2.52. The zero-order chi connectivity index (χ0) is 19.7. The lowest BCUT2D eigenvalue weighted by Crippen LogP contribution is -1.99. The Hall–Kier alpha value is -3.20. The summed E-state index contributed by atoms with van der Waals surface area (Å²) in [7, 11) is 1.49. The first-order valence-corrected chi connectivity index (χ1v) is 9.39. The topological polar surface area (TPSA) is 108 Å². The van der Waals surface area contributed by atoms with Crippen molar-refractivity contribution in [3.63, 3.8) is 0 Å². The smallest absolute Gasteiger partial charge is 0.265 e. The number of nitrogens with zero attached hydrogens (tertiary/aromatic N) is 4. The van der Waals surface area contributed by atoms with Gasteiger partial charge in [-0.05, 0) is 57.7 Å². The molecule has 4 rings (SSSR count). The van der Waals surface area contributed by atoms with E-state index in [1.54, 1.807) is 18.3 Å². The molecule has 0 amide bonds. The number of aromatic nitrogens is 4. The van der Waals surface area contributed by atoms with Gasteiger partial charge in [-0.1, -0.05) is 13.0 Å². The predicted octanol–water partition coefficient (Wildman–Crippen LogP) is 3.99. The zero-order valence-corrected chi connectivity index (χ0v) is 16.8. The second-order valence-corrected chi connectivity index (χ2v) is 6.97. The van der Waals surface area contributed by atoms with Crippen LogP contribution in [0.1, 0.15) is 18.1 Å². The molecular weight excluding hydrogens is 424 g/mol. The Labute approximate surface area is 168 Å². The van der Waals surface area contributed by atoms with Gasteiger partial charge < -0.3 is 14.8 Å². The monoisotopic (exact) mass is 440 g/mol. The Morgan fingerprint density at radius 2 is 2.14 bits per heavy atom. The molecular formula is C19H17BrN6O2. The molecule has 0 radical (unpaired) electrons. The molecule has 2 aromatic heterocycles. The van der Waals surface area contributed by atoms with E-state index in [9.17, 15) is 5.11 Å². The van der Waals surface area contributed by atoms with Gasteiger partial charge in [0.05, 0.1) is 17.8 Å². The van der Waals surface area contributed by atoms with Crippen molar-refractivity contribution in [3.05, 3.63) is 45.9 Å². The molecule has 0 saturated heterocycles. The number of aromatic hydroxyl groups is 1. The molecule has 0 unspecified atom stereocenters. The molecule has 2 aromatic carbocycles. The molecule has 0 fully saturated rings. The molecule has 142 valence electrons. The third-order valence-electron chi connectivity index (χ3n) is 4.34. The van der Waals surface area contributed by atoms with Gasteiger partial charge >= 0.3 is 0 Å². The SMILES string of the molecule is CCc1ccc2[nH]c3nc(N/N=C\c4cc(Br)c(O)c(OC)c4)nnc3c2c1. The van der Waals surface area contributed by atoms with Crippen LogP contribution in [-0.2, 0) is 6.42 Å². The number of fused-ring (bicyclic) bond motifs is 3. The maximum atomic E-state index is 9.86. The quantitative estimate of drug-likeness (QED) is 0.319. The normalized spacial score (nSPS) is 11.5. The summed E-state index contributed by atoms with van der Waals surface area (Å²) >= 11 is 3.28. The van der Waals surface area contributed by atoms with Gasteiger partial charge in [-0.25, -0.2) is 5.43 Å². The highest BCUT2D eigenvalue weighted by Gasteiger charge is 2.10. The second kappa shape index (κ2) is 7.43. The number of ether oxygens (including phenoxy) is 1. The molecule has 3 N–H and O–H groups in total. The number of hydrogen-bond donors (Lipinski definition) is 3. The van der Waals surface area contributed by atoms with Crippen molar-refractivity contribution in [2.75, 3.05) is 12.5 Å². The summed E-state index contributed by atoms with van der Waals surface area (Å²) in [5.41, 5.74) is 7.07. The largest absolute Gasteiger partial charge is 0.503 e. The van der Waals surface area contributed by atoms with E-state index in [0.29, 0.717) is 15.9 Å². The first kappa shape index (κ1) is 18.2. The van der Waals surface area contributed by atoms with E-state index >= 15 is 0 Å². The Bertz CT molecular complexity index is 1200. The van der Waals surface area contributed by atoms with Crippen LogP contribution in [0.4, 0.5) is 5.95 Å². The van der Waals surface area contributed by atoms with Crippen LogP contribution >= 0.6 is 15.9 Å². The van der Waals surface area contributed by atoms with Gasteiger partial charge in [0.25, 0.3) is 5.95 Å². The minimum Gasteiger partial charge on any atom is -0.503 e. The van der Waals surface area contributed by atoms with Gasteiger partial charge in [-0.3, -0.25) is 0 Å². The molecule has 0 atom stereocenters. The summed E-state index contributed by atoms with van der Waals surface area (Å²) in [5, 5.41) is 23.4. The number of anilines is 1. The van der Waals surface area contributed by atoms with Gasteiger partial charge in [0.15, 0.2) is 17.1 Å². The number of phenolic OH excluding ortho intramolecular Hbond substituents is 1. The molecule has 0 saturated carbocycles. The molecule has 8 nitrogen and oxygen atoms in total. The number of nitrogens with one attached hydrogen (secondary N) is 2. The second-order valence-electron chi connectivity index (χ2n) is 6.11. The number of aryl methyl sites for hydroxylation is 1. The van der Waals surface area contributed by atoms with E-state index in [2.05, 4.69) is 65.7 Å². The molecule has 0 bridgehead atoms. The summed E-state index contributed by atoms with van der Waals surface area (Å²) < 4.78 is 5.63. The Morgan fingerprint density at radius 1 is 1.29 bits per heavy atom. The number of hydrogen-bond acceptors (Lipinski definition) is 7. The average Bonchev–Trinajstić information content (AvgIpc) is 3.07. The van der Waals surface area contributed by atoms with Crippen LogP contribution in [-0.4, -0.2) is 38.6 Å². The van der Waals surface area contributed by atoms with Crippen molar-refractivity contribution >= 4 is 50.2 Å².